The van der Waals surface area contributed by atoms with E-state index in [1.165, 1.54) is 6.07 Å². The Kier molecular flexibility index (Phi) is 7.71. The fourth-order valence-corrected chi connectivity index (χ4v) is 4.52. The molecule has 3 aromatic rings. The van der Waals surface area contributed by atoms with Gasteiger partial charge in [0.1, 0.15) is 5.82 Å². The number of nitrogens with two attached hydrogens (primary N) is 1. The van der Waals surface area contributed by atoms with Crippen LogP contribution in [0.15, 0.2) is 69.1 Å². The van der Waals surface area contributed by atoms with Gasteiger partial charge in [0.15, 0.2) is 5.96 Å². The number of ether oxygens (including phenoxy) is 2. The molecule has 2 aliphatic heterocycles. The highest BCUT2D eigenvalue weighted by Crippen LogP contribution is 2.34. The molecule has 2 aliphatic rings. The van der Waals surface area contributed by atoms with Gasteiger partial charge in [0.05, 0.1) is 32.1 Å². The number of aromatic nitrogens is 1. The highest BCUT2D eigenvalue weighted by atomic mass is 19.1. The molecule has 2 N–H and O–H groups in total. The molecule has 38 heavy (non-hydrogen) atoms. The van der Waals surface area contributed by atoms with Crippen LogP contribution < -0.4 is 5.73 Å². The number of aliphatic imine (C=N–C) groups is 2. The van der Waals surface area contributed by atoms with Gasteiger partial charge in [-0.05, 0) is 17.2 Å². The number of guanidine groups is 2. The Morgan fingerprint density at radius 3 is 2.21 bits per heavy atom. The van der Waals surface area contributed by atoms with Crippen LogP contribution in [0.3, 0.4) is 0 Å². The van der Waals surface area contributed by atoms with Crippen LogP contribution in [-0.4, -0.2) is 79.5 Å². The summed E-state index contributed by atoms with van der Waals surface area (Å²) >= 11 is 0. The molecule has 0 spiro atoms. The Labute approximate surface area is 221 Å². The van der Waals surface area contributed by atoms with Crippen molar-refractivity contribution in [3.8, 4) is 11.1 Å². The number of rotatable bonds is 4. The van der Waals surface area contributed by atoms with E-state index < -0.39 is 5.41 Å². The van der Waals surface area contributed by atoms with Gasteiger partial charge in [-0.3, -0.25) is 0 Å². The molecular weight excluding hydrogens is 487 g/mol. The predicted octanol–water partition coefficient (Wildman–Crippen LogP) is 3.77. The average molecular weight is 521 g/mol. The minimum atomic E-state index is -0.472. The number of nitrogens with zero attached hydrogens (tertiary/aromatic N) is 5. The lowest BCUT2D eigenvalue weighted by Gasteiger charge is -2.30. The van der Waals surface area contributed by atoms with Crippen LogP contribution in [0.5, 0.6) is 0 Å². The standard InChI is InChI=1S/C28H33FN6O3/c1-28(2,21-9-7-20(8-10-21)22-5-3-4-6-23(22)29)24-19-25(38-33-24)31-27(35-13-17-37-18-14-35)32-26(30)34-11-15-36-16-12-34/h3-10,19H,11-18H2,1-2H3,(H2,30,31,32). The molecule has 5 rings (SSSR count). The molecule has 0 saturated carbocycles. The van der Waals surface area contributed by atoms with Crippen molar-refractivity contribution in [3.63, 3.8) is 0 Å². The first-order chi connectivity index (χ1) is 18.4. The zero-order chi connectivity index (χ0) is 26.5. The maximum Gasteiger partial charge on any atom is 0.253 e. The number of hydrogen-bond acceptors (Lipinski definition) is 5. The number of hydrogen-bond donors (Lipinski definition) is 1. The van der Waals surface area contributed by atoms with E-state index in [1.807, 2.05) is 46.2 Å². The molecule has 2 fully saturated rings. The molecule has 2 aromatic carbocycles. The predicted molar refractivity (Wildman–Crippen MR) is 144 cm³/mol. The number of morpholine rings is 2. The zero-order valence-electron chi connectivity index (χ0n) is 21.8. The second kappa shape index (κ2) is 11.3. The van der Waals surface area contributed by atoms with Crippen LogP contribution in [-0.2, 0) is 14.9 Å². The first kappa shape index (κ1) is 25.9. The highest BCUT2D eigenvalue weighted by Gasteiger charge is 2.28. The van der Waals surface area contributed by atoms with E-state index in [4.69, 9.17) is 24.7 Å². The van der Waals surface area contributed by atoms with Crippen molar-refractivity contribution in [2.75, 3.05) is 52.6 Å². The summed E-state index contributed by atoms with van der Waals surface area (Å²) in [5.41, 5.74) is 9.00. The summed E-state index contributed by atoms with van der Waals surface area (Å²) < 4.78 is 30.8. The summed E-state index contributed by atoms with van der Waals surface area (Å²) in [5, 5.41) is 4.33. The lowest BCUT2D eigenvalue weighted by atomic mass is 9.81. The van der Waals surface area contributed by atoms with E-state index >= 15 is 0 Å². The molecule has 0 aliphatic carbocycles. The van der Waals surface area contributed by atoms with Crippen LogP contribution in [0, 0.1) is 5.82 Å². The van der Waals surface area contributed by atoms with Crippen LogP contribution in [0.1, 0.15) is 25.1 Å². The molecule has 200 valence electrons. The topological polar surface area (TPSA) is 102 Å². The average Bonchev–Trinajstić information content (AvgIpc) is 3.43. The van der Waals surface area contributed by atoms with Gasteiger partial charge in [-0.15, -0.1) is 0 Å². The van der Waals surface area contributed by atoms with Gasteiger partial charge < -0.3 is 29.5 Å². The van der Waals surface area contributed by atoms with E-state index in [2.05, 4.69) is 24.0 Å². The monoisotopic (exact) mass is 520 g/mol. The Morgan fingerprint density at radius 1 is 0.921 bits per heavy atom. The molecule has 0 unspecified atom stereocenters. The largest absolute Gasteiger partial charge is 0.378 e. The fourth-order valence-electron chi connectivity index (χ4n) is 4.52. The Morgan fingerprint density at radius 2 is 1.55 bits per heavy atom. The molecule has 3 heterocycles. The first-order valence-electron chi connectivity index (χ1n) is 12.8. The summed E-state index contributed by atoms with van der Waals surface area (Å²) in [6.07, 6.45) is 0. The fraction of sp³-hybridized carbons (Fsp3) is 0.393. The molecule has 10 heteroatoms. The molecule has 0 amide bonds. The molecule has 0 atom stereocenters. The van der Waals surface area contributed by atoms with Gasteiger partial charge >= 0.3 is 0 Å². The molecule has 0 radical (unpaired) electrons. The SMILES string of the molecule is CC(C)(c1ccc(-c2ccccc2F)cc1)c1cc(N=C(N=C(N)N2CCOCC2)N2CCOCC2)on1. The van der Waals surface area contributed by atoms with Gasteiger partial charge in [-0.25, -0.2) is 4.39 Å². The highest BCUT2D eigenvalue weighted by molar-refractivity contribution is 5.95. The van der Waals surface area contributed by atoms with Crippen LogP contribution in [0.25, 0.3) is 11.1 Å². The van der Waals surface area contributed by atoms with Crippen molar-refractivity contribution in [3.05, 3.63) is 71.7 Å². The molecule has 0 bridgehead atoms. The van der Waals surface area contributed by atoms with E-state index in [0.717, 1.165) is 16.8 Å². The van der Waals surface area contributed by atoms with Gasteiger partial charge in [0.2, 0.25) is 5.96 Å². The van der Waals surface area contributed by atoms with E-state index in [0.29, 0.717) is 76.0 Å². The minimum absolute atomic E-state index is 0.244. The molecule has 1 aromatic heterocycles. The van der Waals surface area contributed by atoms with Crippen LogP contribution >= 0.6 is 0 Å². The number of benzene rings is 2. The Balaban J connectivity index is 1.40. The van der Waals surface area contributed by atoms with E-state index in [-0.39, 0.29) is 5.82 Å². The summed E-state index contributed by atoms with van der Waals surface area (Å²) in [7, 11) is 0. The van der Waals surface area contributed by atoms with Crippen molar-refractivity contribution >= 4 is 17.8 Å². The maximum atomic E-state index is 14.2. The molecular formula is C28H33FN6O3. The quantitative estimate of drug-likeness (QED) is 0.413. The van der Waals surface area contributed by atoms with Crippen LogP contribution in [0.4, 0.5) is 10.3 Å². The zero-order valence-corrected chi connectivity index (χ0v) is 21.8. The lowest BCUT2D eigenvalue weighted by Crippen LogP contribution is -2.47. The van der Waals surface area contributed by atoms with Gasteiger partial charge in [-0.2, -0.15) is 9.98 Å². The Hall–Kier alpha value is -3.76. The van der Waals surface area contributed by atoms with Gasteiger partial charge in [-0.1, -0.05) is 61.5 Å². The van der Waals surface area contributed by atoms with E-state index in [1.54, 1.807) is 12.1 Å². The third-order valence-electron chi connectivity index (χ3n) is 6.98. The molecule has 2 saturated heterocycles. The lowest BCUT2D eigenvalue weighted by molar-refractivity contribution is 0.0657. The minimum Gasteiger partial charge on any atom is -0.378 e. The molecule has 9 nitrogen and oxygen atoms in total. The third-order valence-corrected chi connectivity index (χ3v) is 6.98. The third kappa shape index (κ3) is 5.71. The second-order valence-corrected chi connectivity index (χ2v) is 9.81. The van der Waals surface area contributed by atoms with Gasteiger partial charge in [0, 0.05) is 43.2 Å². The normalized spacial score (nSPS) is 17.7. The van der Waals surface area contributed by atoms with Crippen molar-refractivity contribution in [1.29, 1.82) is 0 Å². The van der Waals surface area contributed by atoms with Crippen molar-refractivity contribution in [1.82, 2.24) is 15.0 Å². The smallest absolute Gasteiger partial charge is 0.253 e. The van der Waals surface area contributed by atoms with Crippen LogP contribution in [0.2, 0.25) is 0 Å². The summed E-state index contributed by atoms with van der Waals surface area (Å²) in [6.45, 7) is 9.20. The van der Waals surface area contributed by atoms with Crippen molar-refractivity contribution < 1.29 is 18.4 Å². The van der Waals surface area contributed by atoms with Crippen molar-refractivity contribution in [2.45, 2.75) is 19.3 Å². The first-order valence-corrected chi connectivity index (χ1v) is 12.8. The van der Waals surface area contributed by atoms with Gasteiger partial charge in [0.25, 0.3) is 5.88 Å². The van der Waals surface area contributed by atoms with E-state index in [9.17, 15) is 4.39 Å². The maximum absolute atomic E-state index is 14.2. The Bertz CT molecular complexity index is 1290. The van der Waals surface area contributed by atoms with Crippen molar-refractivity contribution in [2.24, 2.45) is 15.7 Å². The second-order valence-electron chi connectivity index (χ2n) is 9.81. The summed E-state index contributed by atoms with van der Waals surface area (Å²) in [4.78, 5) is 13.4. The summed E-state index contributed by atoms with van der Waals surface area (Å²) in [6, 6.07) is 16.4. The summed E-state index contributed by atoms with van der Waals surface area (Å²) in [5.74, 6) is 0.961. The number of halogens is 1.